The number of pyridine rings is 1. The summed E-state index contributed by atoms with van der Waals surface area (Å²) >= 11 is 0. The lowest BCUT2D eigenvalue weighted by molar-refractivity contribution is -0.274. The summed E-state index contributed by atoms with van der Waals surface area (Å²) in [6, 6.07) is 15.3. The number of benzene rings is 2. The number of rotatable bonds is 8. The van der Waals surface area contributed by atoms with E-state index in [2.05, 4.69) is 14.9 Å². The first-order chi connectivity index (χ1) is 16.3. The van der Waals surface area contributed by atoms with Crippen LogP contribution in [-0.2, 0) is 6.54 Å². The fourth-order valence-electron chi connectivity index (χ4n) is 3.15. The monoisotopic (exact) mass is 472 g/mol. The summed E-state index contributed by atoms with van der Waals surface area (Å²) in [5, 5.41) is 3.88. The van der Waals surface area contributed by atoms with Crippen molar-refractivity contribution in [2.24, 2.45) is 5.73 Å². The molecule has 2 aromatic carbocycles. The zero-order valence-electron chi connectivity index (χ0n) is 17.7. The first kappa shape index (κ1) is 23.1. The molecule has 0 unspecified atom stereocenters. The summed E-state index contributed by atoms with van der Waals surface area (Å²) < 4.78 is 53.2. The minimum Gasteiger partial charge on any atom is -0.492 e. The second-order valence-corrected chi connectivity index (χ2v) is 7.16. The van der Waals surface area contributed by atoms with Gasteiger partial charge in [-0.05, 0) is 48.0 Å². The number of nitrogens with zero attached hydrogens (tertiary/aromatic N) is 3. The molecule has 2 N–H and O–H groups in total. The molecule has 11 heteroatoms. The van der Waals surface area contributed by atoms with E-state index in [0.717, 1.165) is 17.7 Å². The fourth-order valence-corrected chi connectivity index (χ4v) is 3.15. The number of alkyl halides is 3. The highest BCUT2D eigenvalue weighted by atomic mass is 19.4. The van der Waals surface area contributed by atoms with Gasteiger partial charge in [-0.15, -0.1) is 13.2 Å². The molecule has 8 nitrogen and oxygen atoms in total. The molecule has 0 amide bonds. The summed E-state index contributed by atoms with van der Waals surface area (Å²) in [5.41, 5.74) is 7.03. The van der Waals surface area contributed by atoms with Crippen molar-refractivity contribution in [2.45, 2.75) is 12.9 Å². The van der Waals surface area contributed by atoms with Gasteiger partial charge in [0.05, 0.1) is 12.1 Å². The van der Waals surface area contributed by atoms with E-state index in [4.69, 9.17) is 15.0 Å². The third-order valence-corrected chi connectivity index (χ3v) is 4.64. The molecule has 0 fully saturated rings. The Balaban J connectivity index is 1.53. The molecular weight excluding hydrogens is 453 g/mol. The van der Waals surface area contributed by atoms with E-state index in [0.29, 0.717) is 30.0 Å². The van der Waals surface area contributed by atoms with E-state index in [1.165, 1.54) is 22.8 Å². The third-order valence-electron chi connectivity index (χ3n) is 4.64. The SMILES string of the molecule is NCCOc1cccc(Cn2cc(-c3nc(-c4ccc(OC(F)(F)F)cc4)no3)ccc2=O)c1. The molecule has 0 radical (unpaired) electrons. The molecule has 0 spiro atoms. The molecule has 2 aromatic heterocycles. The molecule has 0 saturated carbocycles. The Labute approximate surface area is 191 Å². The Bertz CT molecular complexity index is 1320. The lowest BCUT2D eigenvalue weighted by Crippen LogP contribution is -2.19. The van der Waals surface area contributed by atoms with Crippen LogP contribution < -0.4 is 20.8 Å². The topological polar surface area (TPSA) is 105 Å². The van der Waals surface area contributed by atoms with Crippen LogP contribution >= 0.6 is 0 Å². The second-order valence-electron chi connectivity index (χ2n) is 7.16. The summed E-state index contributed by atoms with van der Waals surface area (Å²) in [6.45, 7) is 1.06. The largest absolute Gasteiger partial charge is 0.573 e. The Hall–Kier alpha value is -4.12. The van der Waals surface area contributed by atoms with Gasteiger partial charge in [-0.2, -0.15) is 4.98 Å². The molecule has 4 rings (SSSR count). The summed E-state index contributed by atoms with van der Waals surface area (Å²) in [4.78, 5) is 16.7. The van der Waals surface area contributed by atoms with Crippen LogP contribution in [0.25, 0.3) is 22.8 Å². The zero-order chi connectivity index (χ0) is 24.1. The van der Waals surface area contributed by atoms with Crippen molar-refractivity contribution in [3.63, 3.8) is 0 Å². The van der Waals surface area contributed by atoms with Crippen molar-refractivity contribution in [3.05, 3.63) is 82.8 Å². The normalized spacial score (nSPS) is 11.4. The van der Waals surface area contributed by atoms with Gasteiger partial charge >= 0.3 is 6.36 Å². The van der Waals surface area contributed by atoms with Gasteiger partial charge < -0.3 is 24.3 Å². The third kappa shape index (κ3) is 5.81. The van der Waals surface area contributed by atoms with Crippen LogP contribution in [0.5, 0.6) is 11.5 Å². The van der Waals surface area contributed by atoms with Gasteiger partial charge in [-0.1, -0.05) is 17.3 Å². The maximum Gasteiger partial charge on any atom is 0.573 e. The molecule has 0 saturated heterocycles. The van der Waals surface area contributed by atoms with Gasteiger partial charge in [0.1, 0.15) is 18.1 Å². The van der Waals surface area contributed by atoms with Crippen LogP contribution in [0.4, 0.5) is 13.2 Å². The first-order valence-corrected chi connectivity index (χ1v) is 10.1. The zero-order valence-corrected chi connectivity index (χ0v) is 17.7. The van der Waals surface area contributed by atoms with Crippen molar-refractivity contribution in [1.82, 2.24) is 14.7 Å². The van der Waals surface area contributed by atoms with E-state index in [9.17, 15) is 18.0 Å². The molecule has 4 aromatic rings. The van der Waals surface area contributed by atoms with Crippen molar-refractivity contribution < 1.29 is 27.2 Å². The lowest BCUT2D eigenvalue weighted by atomic mass is 10.2. The van der Waals surface area contributed by atoms with Crippen molar-refractivity contribution >= 4 is 0 Å². The number of ether oxygens (including phenoxy) is 2. The molecule has 34 heavy (non-hydrogen) atoms. The Morgan fingerprint density at radius 1 is 1.00 bits per heavy atom. The van der Waals surface area contributed by atoms with Gasteiger partial charge in [0.15, 0.2) is 0 Å². The van der Waals surface area contributed by atoms with E-state index in [1.54, 1.807) is 18.3 Å². The van der Waals surface area contributed by atoms with Crippen LogP contribution in [0.2, 0.25) is 0 Å². The maximum absolute atomic E-state index is 12.4. The van der Waals surface area contributed by atoms with Crippen LogP contribution in [-0.4, -0.2) is 34.2 Å². The molecule has 176 valence electrons. The molecule has 0 aliphatic rings. The summed E-state index contributed by atoms with van der Waals surface area (Å²) in [6.07, 6.45) is -3.18. The lowest BCUT2D eigenvalue weighted by Gasteiger charge is -2.09. The molecule has 2 heterocycles. The fraction of sp³-hybridized carbons (Fsp3) is 0.174. The predicted octanol–water partition coefficient (Wildman–Crippen LogP) is 3.85. The highest BCUT2D eigenvalue weighted by molar-refractivity contribution is 5.60. The number of nitrogens with two attached hydrogens (primary N) is 1. The van der Waals surface area contributed by atoms with E-state index in [1.807, 2.05) is 18.2 Å². The minimum atomic E-state index is -4.78. The van der Waals surface area contributed by atoms with Gasteiger partial charge in [0, 0.05) is 24.4 Å². The van der Waals surface area contributed by atoms with E-state index < -0.39 is 6.36 Å². The summed E-state index contributed by atoms with van der Waals surface area (Å²) in [7, 11) is 0. The van der Waals surface area contributed by atoms with Crippen molar-refractivity contribution in [3.8, 4) is 34.3 Å². The van der Waals surface area contributed by atoms with Crippen LogP contribution in [0.15, 0.2) is 76.2 Å². The Kier molecular flexibility index (Phi) is 6.64. The van der Waals surface area contributed by atoms with Gasteiger partial charge in [0.25, 0.3) is 11.4 Å². The van der Waals surface area contributed by atoms with Crippen molar-refractivity contribution in [2.75, 3.05) is 13.2 Å². The average molecular weight is 472 g/mol. The van der Waals surface area contributed by atoms with Crippen LogP contribution in [0, 0.1) is 0 Å². The molecule has 0 aliphatic heterocycles. The average Bonchev–Trinajstić information content (AvgIpc) is 3.29. The van der Waals surface area contributed by atoms with Crippen LogP contribution in [0.3, 0.4) is 0 Å². The Morgan fingerprint density at radius 3 is 2.50 bits per heavy atom. The standard InChI is InChI=1S/C23H19F3N4O4/c24-23(25,26)33-18-7-4-16(5-8-18)21-28-22(34-29-21)17-6-9-20(31)30(14-17)13-15-2-1-3-19(12-15)32-11-10-27/h1-9,12,14H,10-11,13,27H2. The summed E-state index contributed by atoms with van der Waals surface area (Å²) in [5.74, 6) is 0.625. The maximum atomic E-state index is 12.4. The second kappa shape index (κ2) is 9.79. The molecular formula is C23H19F3N4O4. The smallest absolute Gasteiger partial charge is 0.492 e. The Morgan fingerprint density at radius 2 is 1.76 bits per heavy atom. The minimum absolute atomic E-state index is 0.152. The molecule has 0 aliphatic carbocycles. The van der Waals surface area contributed by atoms with Gasteiger partial charge in [-0.3, -0.25) is 4.79 Å². The quantitative estimate of drug-likeness (QED) is 0.415. The highest BCUT2D eigenvalue weighted by Gasteiger charge is 2.31. The molecule has 0 atom stereocenters. The van der Waals surface area contributed by atoms with Gasteiger partial charge in [0.2, 0.25) is 5.82 Å². The number of hydrogen-bond acceptors (Lipinski definition) is 7. The van der Waals surface area contributed by atoms with Gasteiger partial charge in [-0.25, -0.2) is 0 Å². The van der Waals surface area contributed by atoms with E-state index >= 15 is 0 Å². The van der Waals surface area contributed by atoms with Crippen LogP contribution in [0.1, 0.15) is 5.56 Å². The first-order valence-electron chi connectivity index (χ1n) is 10.1. The van der Waals surface area contributed by atoms with E-state index in [-0.39, 0.29) is 29.6 Å². The number of halogens is 3. The number of aromatic nitrogens is 3. The highest BCUT2D eigenvalue weighted by Crippen LogP contribution is 2.27. The number of hydrogen-bond donors (Lipinski definition) is 1. The van der Waals surface area contributed by atoms with Crippen molar-refractivity contribution in [1.29, 1.82) is 0 Å². The predicted molar refractivity (Wildman–Crippen MR) is 116 cm³/mol. The molecule has 0 bridgehead atoms.